The molecule has 1 aromatic carbocycles. The Hall–Kier alpha value is -1.99. The van der Waals surface area contributed by atoms with Crippen molar-refractivity contribution < 1.29 is 14.2 Å². The zero-order valence-electron chi connectivity index (χ0n) is 17.8. The van der Waals surface area contributed by atoms with Crippen LogP contribution in [-0.2, 0) is 4.74 Å². The summed E-state index contributed by atoms with van der Waals surface area (Å²) >= 11 is 0. The lowest BCUT2D eigenvalue weighted by atomic mass is 10.0. The van der Waals surface area contributed by atoms with Crippen LogP contribution in [0.3, 0.4) is 0 Å². The lowest BCUT2D eigenvalue weighted by Crippen LogP contribution is -2.46. The third-order valence-electron chi connectivity index (χ3n) is 5.04. The smallest absolute Gasteiger partial charge is 0.191 e. The molecule has 158 valence electrons. The van der Waals surface area contributed by atoms with Crippen molar-refractivity contribution >= 4 is 5.96 Å². The second kappa shape index (κ2) is 12.5. The first-order valence-electron chi connectivity index (χ1n) is 10.2. The van der Waals surface area contributed by atoms with Crippen molar-refractivity contribution in [3.8, 4) is 11.5 Å². The number of methoxy groups -OCH3 is 2. The van der Waals surface area contributed by atoms with E-state index in [-0.39, 0.29) is 6.04 Å². The largest absolute Gasteiger partial charge is 0.493 e. The lowest BCUT2D eigenvalue weighted by Gasteiger charge is -2.35. The summed E-state index contributed by atoms with van der Waals surface area (Å²) in [4.78, 5) is 6.81. The summed E-state index contributed by atoms with van der Waals surface area (Å²) in [6.07, 6.45) is 3.60. The Labute approximate surface area is 169 Å². The van der Waals surface area contributed by atoms with E-state index < -0.39 is 0 Å². The van der Waals surface area contributed by atoms with E-state index in [1.54, 1.807) is 14.2 Å². The minimum Gasteiger partial charge on any atom is -0.493 e. The van der Waals surface area contributed by atoms with Gasteiger partial charge in [0.05, 0.1) is 33.5 Å². The Balaban J connectivity index is 2.09. The van der Waals surface area contributed by atoms with Crippen molar-refractivity contribution in [2.75, 3.05) is 60.7 Å². The number of hydrogen-bond acceptors (Lipinski definition) is 5. The van der Waals surface area contributed by atoms with Crippen molar-refractivity contribution in [3.05, 3.63) is 23.8 Å². The van der Waals surface area contributed by atoms with Crippen molar-refractivity contribution in [2.45, 2.75) is 32.2 Å². The minimum atomic E-state index is 0.192. The van der Waals surface area contributed by atoms with Crippen LogP contribution in [0.1, 0.15) is 37.8 Å². The fraction of sp³-hybridized carbons (Fsp3) is 0.667. The normalized spacial score (nSPS) is 16.5. The molecule has 1 fully saturated rings. The molecule has 1 heterocycles. The maximum Gasteiger partial charge on any atom is 0.191 e. The van der Waals surface area contributed by atoms with Crippen LogP contribution in [0.25, 0.3) is 0 Å². The number of morpholine rings is 1. The van der Waals surface area contributed by atoms with Gasteiger partial charge in [0.15, 0.2) is 17.5 Å². The molecule has 0 aliphatic carbocycles. The van der Waals surface area contributed by atoms with Gasteiger partial charge in [0, 0.05) is 33.2 Å². The van der Waals surface area contributed by atoms with Gasteiger partial charge in [0.1, 0.15) is 0 Å². The molecule has 28 heavy (non-hydrogen) atoms. The number of nitrogens with zero attached hydrogens (tertiary/aromatic N) is 2. The van der Waals surface area contributed by atoms with Crippen LogP contribution < -0.4 is 20.1 Å². The second-order valence-corrected chi connectivity index (χ2v) is 6.87. The van der Waals surface area contributed by atoms with Crippen LogP contribution in [0, 0.1) is 0 Å². The lowest BCUT2D eigenvalue weighted by molar-refractivity contribution is 0.0169. The van der Waals surface area contributed by atoms with Crippen LogP contribution in [0.2, 0.25) is 0 Å². The SMILES string of the molecule is CCCCCNC(=NC)NCC(c1ccc(OC)c(OC)c1)N1CCOCC1. The van der Waals surface area contributed by atoms with Gasteiger partial charge in [-0.15, -0.1) is 0 Å². The number of benzene rings is 1. The number of hydrogen-bond donors (Lipinski definition) is 2. The molecular weight excluding hydrogens is 356 g/mol. The third kappa shape index (κ3) is 6.56. The van der Waals surface area contributed by atoms with Gasteiger partial charge in [-0.05, 0) is 24.1 Å². The Morgan fingerprint density at radius 3 is 2.54 bits per heavy atom. The van der Waals surface area contributed by atoms with Crippen LogP contribution in [0.4, 0.5) is 0 Å². The average Bonchev–Trinajstić information content (AvgIpc) is 2.75. The summed E-state index contributed by atoms with van der Waals surface area (Å²) in [5.74, 6) is 2.34. The molecule has 1 aliphatic rings. The van der Waals surface area contributed by atoms with Crippen molar-refractivity contribution in [1.29, 1.82) is 0 Å². The van der Waals surface area contributed by atoms with Gasteiger partial charge >= 0.3 is 0 Å². The Morgan fingerprint density at radius 2 is 1.89 bits per heavy atom. The molecule has 0 spiro atoms. The molecule has 1 aromatic rings. The maximum atomic E-state index is 5.55. The highest BCUT2D eigenvalue weighted by molar-refractivity contribution is 5.79. The highest BCUT2D eigenvalue weighted by atomic mass is 16.5. The van der Waals surface area contributed by atoms with E-state index in [0.29, 0.717) is 0 Å². The molecule has 0 bridgehead atoms. The second-order valence-electron chi connectivity index (χ2n) is 6.87. The van der Waals surface area contributed by atoms with Crippen molar-refractivity contribution in [2.24, 2.45) is 4.99 Å². The molecule has 2 rings (SSSR count). The Bertz CT molecular complexity index is 603. The fourth-order valence-corrected chi connectivity index (χ4v) is 3.40. The highest BCUT2D eigenvalue weighted by Gasteiger charge is 2.24. The molecule has 0 amide bonds. The van der Waals surface area contributed by atoms with E-state index in [0.717, 1.165) is 63.3 Å². The van der Waals surface area contributed by atoms with Gasteiger partial charge in [0.25, 0.3) is 0 Å². The molecule has 2 N–H and O–H groups in total. The summed E-state index contributed by atoms with van der Waals surface area (Å²) < 4.78 is 16.5. The molecule has 1 atom stereocenters. The summed E-state index contributed by atoms with van der Waals surface area (Å²) in [6, 6.07) is 6.34. The van der Waals surface area contributed by atoms with Gasteiger partial charge in [-0.1, -0.05) is 25.8 Å². The van der Waals surface area contributed by atoms with Gasteiger partial charge in [0.2, 0.25) is 0 Å². The number of guanidine groups is 1. The minimum absolute atomic E-state index is 0.192. The summed E-state index contributed by atoms with van der Waals surface area (Å²) in [5.41, 5.74) is 1.19. The molecule has 7 nitrogen and oxygen atoms in total. The molecule has 0 radical (unpaired) electrons. The van der Waals surface area contributed by atoms with E-state index in [1.165, 1.54) is 18.4 Å². The first-order valence-corrected chi connectivity index (χ1v) is 10.2. The van der Waals surface area contributed by atoms with Crippen LogP contribution >= 0.6 is 0 Å². The third-order valence-corrected chi connectivity index (χ3v) is 5.04. The monoisotopic (exact) mass is 392 g/mol. The number of nitrogens with one attached hydrogen (secondary N) is 2. The van der Waals surface area contributed by atoms with E-state index in [9.17, 15) is 0 Å². The van der Waals surface area contributed by atoms with Crippen LogP contribution in [0.15, 0.2) is 23.2 Å². The first-order chi connectivity index (χ1) is 13.7. The standard InChI is InChI=1S/C21H36N4O3/c1-5-6-7-10-23-21(22-2)24-16-18(25-11-13-28-14-12-25)17-8-9-19(26-3)20(15-17)27-4/h8-9,15,18H,5-7,10-14,16H2,1-4H3,(H2,22,23,24). The highest BCUT2D eigenvalue weighted by Crippen LogP contribution is 2.32. The summed E-state index contributed by atoms with van der Waals surface area (Å²) in [6.45, 7) is 7.23. The average molecular weight is 393 g/mol. The van der Waals surface area contributed by atoms with Gasteiger partial charge in [-0.25, -0.2) is 0 Å². The maximum absolute atomic E-state index is 5.55. The van der Waals surface area contributed by atoms with Gasteiger partial charge in [-0.3, -0.25) is 9.89 Å². The molecule has 1 aliphatic heterocycles. The molecule has 7 heteroatoms. The Morgan fingerprint density at radius 1 is 1.14 bits per heavy atom. The van der Waals surface area contributed by atoms with Crippen molar-refractivity contribution in [3.63, 3.8) is 0 Å². The van der Waals surface area contributed by atoms with E-state index in [2.05, 4.69) is 39.6 Å². The molecular formula is C21H36N4O3. The molecule has 0 saturated carbocycles. The van der Waals surface area contributed by atoms with Crippen molar-refractivity contribution in [1.82, 2.24) is 15.5 Å². The first kappa shape index (κ1) is 22.3. The molecule has 0 aromatic heterocycles. The fourth-order valence-electron chi connectivity index (χ4n) is 3.40. The number of rotatable bonds is 10. The van der Waals surface area contributed by atoms with E-state index in [4.69, 9.17) is 14.2 Å². The Kier molecular flexibility index (Phi) is 9.93. The van der Waals surface area contributed by atoms with Gasteiger partial charge in [-0.2, -0.15) is 0 Å². The van der Waals surface area contributed by atoms with Crippen LogP contribution in [-0.4, -0.2) is 71.5 Å². The topological polar surface area (TPSA) is 67.4 Å². The van der Waals surface area contributed by atoms with E-state index >= 15 is 0 Å². The van der Waals surface area contributed by atoms with Gasteiger partial charge < -0.3 is 24.8 Å². The predicted molar refractivity (Wildman–Crippen MR) is 114 cm³/mol. The summed E-state index contributed by atoms with van der Waals surface area (Å²) in [5, 5.41) is 6.90. The van der Waals surface area contributed by atoms with E-state index in [1.807, 2.05) is 13.1 Å². The quantitative estimate of drug-likeness (QED) is 0.362. The zero-order valence-corrected chi connectivity index (χ0v) is 17.8. The van der Waals surface area contributed by atoms with Crippen LogP contribution in [0.5, 0.6) is 11.5 Å². The number of ether oxygens (including phenoxy) is 3. The molecule has 1 unspecified atom stereocenters. The predicted octanol–water partition coefficient (Wildman–Crippen LogP) is 2.43. The zero-order chi connectivity index (χ0) is 20.2. The number of unbranched alkanes of at least 4 members (excludes halogenated alkanes) is 2. The number of aliphatic imine (C=N–C) groups is 1. The molecule has 1 saturated heterocycles. The summed E-state index contributed by atoms with van der Waals surface area (Å²) in [7, 11) is 5.15.